The van der Waals surface area contributed by atoms with E-state index in [9.17, 15) is 0 Å². The van der Waals surface area contributed by atoms with Gasteiger partial charge in [0.15, 0.2) is 5.82 Å². The maximum atomic E-state index is 6.04. The number of rotatable bonds is 4. The number of anilines is 1. The second kappa shape index (κ2) is 6.47. The largest absolute Gasteiger partial charge is 0.382 e. The van der Waals surface area contributed by atoms with Crippen LogP contribution in [0.5, 0.6) is 0 Å². The number of aryl methyl sites for hydroxylation is 1. The summed E-state index contributed by atoms with van der Waals surface area (Å²) in [5.41, 5.74) is 7.07. The van der Waals surface area contributed by atoms with Crippen molar-refractivity contribution < 1.29 is 0 Å². The van der Waals surface area contributed by atoms with Crippen LogP contribution in [-0.2, 0) is 6.54 Å². The Morgan fingerprint density at radius 3 is 2.68 bits per heavy atom. The van der Waals surface area contributed by atoms with Gasteiger partial charge >= 0.3 is 0 Å². The average molecular weight is 321 g/mol. The van der Waals surface area contributed by atoms with E-state index in [1.807, 2.05) is 22.9 Å². The molecule has 1 aliphatic heterocycles. The van der Waals surface area contributed by atoms with Gasteiger partial charge in [0.05, 0.1) is 5.52 Å². The first kappa shape index (κ1) is 15.6. The number of fused-ring (bicyclic) bond motifs is 1. The van der Waals surface area contributed by atoms with Gasteiger partial charge in [0.2, 0.25) is 0 Å². The highest BCUT2D eigenvalue weighted by atomic mass is 35.5. The molecule has 0 aliphatic carbocycles. The molecular weight excluding hydrogens is 296 g/mol. The van der Waals surface area contributed by atoms with Crippen molar-refractivity contribution in [3.63, 3.8) is 0 Å². The first-order valence-electron chi connectivity index (χ1n) is 8.23. The first-order chi connectivity index (χ1) is 10.6. The minimum Gasteiger partial charge on any atom is -0.382 e. The zero-order chi connectivity index (χ0) is 15.7. The van der Waals surface area contributed by atoms with Crippen molar-refractivity contribution in [2.45, 2.75) is 58.2 Å². The van der Waals surface area contributed by atoms with E-state index in [0.29, 0.717) is 22.9 Å². The summed E-state index contributed by atoms with van der Waals surface area (Å²) in [6.45, 7) is 6.71. The summed E-state index contributed by atoms with van der Waals surface area (Å²) in [6.07, 6.45) is 5.09. The van der Waals surface area contributed by atoms with Gasteiger partial charge in [0.25, 0.3) is 0 Å². The number of nitrogens with two attached hydrogens (primary N) is 1. The molecule has 0 amide bonds. The van der Waals surface area contributed by atoms with E-state index in [2.05, 4.69) is 23.8 Å². The van der Waals surface area contributed by atoms with Crippen molar-refractivity contribution in [3.05, 3.63) is 23.2 Å². The summed E-state index contributed by atoms with van der Waals surface area (Å²) in [5, 5.41) is 6.12. The van der Waals surface area contributed by atoms with E-state index < -0.39 is 0 Å². The van der Waals surface area contributed by atoms with E-state index in [4.69, 9.17) is 17.3 Å². The zero-order valence-electron chi connectivity index (χ0n) is 13.4. The molecule has 1 aliphatic rings. The van der Waals surface area contributed by atoms with E-state index >= 15 is 0 Å². The lowest BCUT2D eigenvalue weighted by molar-refractivity contribution is 0.100. The minimum atomic E-state index is 0.567. The molecule has 0 saturated carbocycles. The number of piperidine rings is 1. The van der Waals surface area contributed by atoms with Crippen LogP contribution in [0.2, 0.25) is 5.02 Å². The average Bonchev–Trinajstić information content (AvgIpc) is 2.78. The molecule has 2 aromatic rings. The maximum absolute atomic E-state index is 6.04. The monoisotopic (exact) mass is 320 g/mol. The molecule has 2 N–H and O–H groups in total. The summed E-state index contributed by atoms with van der Waals surface area (Å²) in [6, 6.07) is 7.19. The van der Waals surface area contributed by atoms with Gasteiger partial charge in [0.1, 0.15) is 0 Å². The molecule has 1 fully saturated rings. The van der Waals surface area contributed by atoms with E-state index in [1.165, 1.54) is 19.3 Å². The standard InChI is InChI=1S/C17H25ClN4/c1-12-5-3-6-13(2)21(12)9-4-10-22-16-8-7-14(18)11-15(16)17(19)20-22/h7-8,11-13H,3-6,9-10H2,1-2H3,(H2,19,20). The van der Waals surface area contributed by atoms with Crippen LogP contribution in [0.1, 0.15) is 39.5 Å². The van der Waals surface area contributed by atoms with Crippen LogP contribution < -0.4 is 5.73 Å². The number of likely N-dealkylation sites (tertiary alicyclic amines) is 1. The Bertz CT molecular complexity index is 641. The first-order valence-corrected chi connectivity index (χ1v) is 8.61. The molecule has 0 radical (unpaired) electrons. The number of hydrogen-bond donors (Lipinski definition) is 1. The molecule has 1 saturated heterocycles. The molecule has 4 nitrogen and oxygen atoms in total. The fourth-order valence-electron chi connectivity index (χ4n) is 3.67. The molecule has 5 heteroatoms. The number of aromatic nitrogens is 2. The quantitative estimate of drug-likeness (QED) is 0.928. The summed E-state index contributed by atoms with van der Waals surface area (Å²) < 4.78 is 2.01. The highest BCUT2D eigenvalue weighted by Gasteiger charge is 2.23. The smallest absolute Gasteiger partial charge is 0.153 e. The van der Waals surface area contributed by atoms with E-state index in [0.717, 1.165) is 30.4 Å². The Balaban J connectivity index is 1.67. The fourth-order valence-corrected chi connectivity index (χ4v) is 3.84. The van der Waals surface area contributed by atoms with Crippen molar-refractivity contribution in [2.24, 2.45) is 0 Å². The molecule has 1 aromatic carbocycles. The van der Waals surface area contributed by atoms with E-state index in [1.54, 1.807) is 0 Å². The molecule has 120 valence electrons. The molecule has 0 spiro atoms. The lowest BCUT2D eigenvalue weighted by atomic mass is 9.97. The Kier molecular flexibility index (Phi) is 4.59. The molecular formula is C17H25ClN4. The highest BCUT2D eigenvalue weighted by molar-refractivity contribution is 6.31. The van der Waals surface area contributed by atoms with Gasteiger partial charge in [-0.2, -0.15) is 5.10 Å². The second-order valence-corrected chi connectivity index (χ2v) is 6.93. The second-order valence-electron chi connectivity index (χ2n) is 6.49. The van der Waals surface area contributed by atoms with Crippen LogP contribution in [0.15, 0.2) is 18.2 Å². The normalized spacial score (nSPS) is 23.2. The molecule has 0 bridgehead atoms. The molecule has 3 rings (SSSR count). The molecule has 2 unspecified atom stereocenters. The molecule has 22 heavy (non-hydrogen) atoms. The van der Waals surface area contributed by atoms with Crippen LogP contribution in [0.4, 0.5) is 5.82 Å². The maximum Gasteiger partial charge on any atom is 0.153 e. The number of hydrogen-bond acceptors (Lipinski definition) is 3. The van der Waals surface area contributed by atoms with Crippen LogP contribution in [0.25, 0.3) is 10.9 Å². The fraction of sp³-hybridized carbons (Fsp3) is 0.588. The van der Waals surface area contributed by atoms with Crippen molar-refractivity contribution in [1.29, 1.82) is 0 Å². The Morgan fingerprint density at radius 2 is 1.95 bits per heavy atom. The van der Waals surface area contributed by atoms with Gasteiger partial charge in [0, 0.05) is 35.6 Å². The van der Waals surface area contributed by atoms with Crippen molar-refractivity contribution >= 4 is 28.3 Å². The van der Waals surface area contributed by atoms with Crippen molar-refractivity contribution in [1.82, 2.24) is 14.7 Å². The van der Waals surface area contributed by atoms with Crippen LogP contribution >= 0.6 is 11.6 Å². The number of benzene rings is 1. The van der Waals surface area contributed by atoms with Crippen LogP contribution in [-0.4, -0.2) is 33.3 Å². The van der Waals surface area contributed by atoms with Gasteiger partial charge in [-0.1, -0.05) is 18.0 Å². The number of halogens is 1. The SMILES string of the molecule is CC1CCCC(C)N1CCCn1nc(N)c2cc(Cl)ccc21. The van der Waals surface area contributed by atoms with Gasteiger partial charge in [-0.15, -0.1) is 0 Å². The molecule has 2 heterocycles. The summed E-state index contributed by atoms with van der Waals surface area (Å²) in [5.74, 6) is 0.567. The van der Waals surface area contributed by atoms with Crippen molar-refractivity contribution in [3.8, 4) is 0 Å². The third kappa shape index (κ3) is 3.08. The van der Waals surface area contributed by atoms with Crippen LogP contribution in [0.3, 0.4) is 0 Å². The third-order valence-electron chi connectivity index (χ3n) is 4.90. The summed E-state index contributed by atoms with van der Waals surface area (Å²) >= 11 is 6.04. The minimum absolute atomic E-state index is 0.567. The van der Waals surface area contributed by atoms with Gasteiger partial charge in [-0.25, -0.2) is 0 Å². The summed E-state index contributed by atoms with van der Waals surface area (Å²) in [7, 11) is 0. The Morgan fingerprint density at radius 1 is 1.23 bits per heavy atom. The Hall–Kier alpha value is -1.26. The van der Waals surface area contributed by atoms with Gasteiger partial charge in [-0.3, -0.25) is 9.58 Å². The highest BCUT2D eigenvalue weighted by Crippen LogP contribution is 2.25. The van der Waals surface area contributed by atoms with E-state index in [-0.39, 0.29) is 0 Å². The molecule has 1 aromatic heterocycles. The van der Waals surface area contributed by atoms with Gasteiger partial charge in [-0.05, 0) is 51.3 Å². The van der Waals surface area contributed by atoms with Crippen LogP contribution in [0, 0.1) is 0 Å². The third-order valence-corrected chi connectivity index (χ3v) is 5.14. The Labute approximate surface area is 137 Å². The predicted molar refractivity (Wildman–Crippen MR) is 93.3 cm³/mol. The lowest BCUT2D eigenvalue weighted by Crippen LogP contribution is -2.44. The molecule has 2 atom stereocenters. The summed E-state index contributed by atoms with van der Waals surface area (Å²) in [4.78, 5) is 2.63. The van der Waals surface area contributed by atoms with Gasteiger partial charge < -0.3 is 5.73 Å². The topological polar surface area (TPSA) is 47.1 Å². The number of nitrogens with zero attached hydrogens (tertiary/aromatic N) is 3. The van der Waals surface area contributed by atoms with Crippen molar-refractivity contribution in [2.75, 3.05) is 12.3 Å². The zero-order valence-corrected chi connectivity index (χ0v) is 14.2. The number of nitrogen functional groups attached to an aromatic ring is 1. The predicted octanol–water partition coefficient (Wildman–Crippen LogP) is 3.92. The lowest BCUT2D eigenvalue weighted by Gasteiger charge is -2.39.